The molecule has 4 aliphatic rings. The van der Waals surface area contributed by atoms with Crippen molar-refractivity contribution in [3.63, 3.8) is 0 Å². The van der Waals surface area contributed by atoms with Gasteiger partial charge in [0.25, 0.3) is 0 Å². The highest BCUT2D eigenvalue weighted by atomic mass is 14.5. The van der Waals surface area contributed by atoms with Crippen molar-refractivity contribution in [1.82, 2.24) is 0 Å². The molecule has 2 fully saturated rings. The van der Waals surface area contributed by atoms with Crippen molar-refractivity contribution >= 4 is 0 Å². The highest BCUT2D eigenvalue weighted by Crippen LogP contribution is 2.52. The Morgan fingerprint density at radius 3 is 2.29 bits per heavy atom. The molecule has 4 aliphatic carbocycles. The Hall–Kier alpha value is -0.520. The van der Waals surface area contributed by atoms with Gasteiger partial charge in [-0.2, -0.15) is 0 Å². The summed E-state index contributed by atoms with van der Waals surface area (Å²) in [4.78, 5) is 0. The first-order valence-corrected chi connectivity index (χ1v) is 12.8. The first-order valence-electron chi connectivity index (χ1n) is 12.8. The molecular formula is C28H46. The molecule has 0 N–H and O–H groups in total. The van der Waals surface area contributed by atoms with Crippen LogP contribution in [0.2, 0.25) is 0 Å². The lowest BCUT2D eigenvalue weighted by atomic mass is 9.73. The Bertz CT molecular complexity index is 579. The Labute approximate surface area is 175 Å². The molecule has 0 heteroatoms. The molecular weight excluding hydrogens is 336 g/mol. The summed E-state index contributed by atoms with van der Waals surface area (Å²) < 4.78 is 0. The molecule has 5 unspecified atom stereocenters. The third-order valence-corrected chi connectivity index (χ3v) is 9.60. The van der Waals surface area contributed by atoms with Gasteiger partial charge in [-0.3, -0.25) is 0 Å². The zero-order valence-corrected chi connectivity index (χ0v) is 19.4. The third-order valence-electron chi connectivity index (χ3n) is 9.60. The van der Waals surface area contributed by atoms with Gasteiger partial charge in [0.15, 0.2) is 0 Å². The van der Waals surface area contributed by atoms with Gasteiger partial charge in [0.1, 0.15) is 0 Å². The first-order chi connectivity index (χ1) is 13.4. The summed E-state index contributed by atoms with van der Waals surface area (Å²) in [5, 5.41) is 0. The summed E-state index contributed by atoms with van der Waals surface area (Å²) in [6, 6.07) is 0. The largest absolute Gasteiger partial charge is 0.0813 e. The topological polar surface area (TPSA) is 0 Å². The lowest BCUT2D eigenvalue weighted by Crippen LogP contribution is -2.23. The van der Waals surface area contributed by atoms with Gasteiger partial charge >= 0.3 is 0 Å². The Morgan fingerprint density at radius 1 is 0.929 bits per heavy atom. The van der Waals surface area contributed by atoms with Gasteiger partial charge in [-0.15, -0.1) is 0 Å². The van der Waals surface area contributed by atoms with Crippen LogP contribution in [0.15, 0.2) is 23.3 Å². The minimum absolute atomic E-state index is 0.787. The number of rotatable bonds is 6. The van der Waals surface area contributed by atoms with Crippen LogP contribution >= 0.6 is 0 Å². The predicted octanol–water partition coefficient (Wildman–Crippen LogP) is 8.44. The van der Waals surface area contributed by atoms with Gasteiger partial charge in [-0.25, -0.2) is 0 Å². The average molecular weight is 383 g/mol. The normalized spacial score (nSPS) is 40.9. The van der Waals surface area contributed by atoms with Crippen molar-refractivity contribution in [3.8, 4) is 0 Å². The van der Waals surface area contributed by atoms with Crippen LogP contribution in [0.3, 0.4) is 0 Å². The molecule has 0 bridgehead atoms. The van der Waals surface area contributed by atoms with E-state index in [1.165, 1.54) is 64.2 Å². The van der Waals surface area contributed by atoms with E-state index in [-0.39, 0.29) is 0 Å². The van der Waals surface area contributed by atoms with Gasteiger partial charge in [-0.1, -0.05) is 83.1 Å². The highest BCUT2D eigenvalue weighted by molar-refractivity contribution is 5.31. The van der Waals surface area contributed by atoms with Crippen LogP contribution in [-0.2, 0) is 0 Å². The molecule has 0 saturated heterocycles. The molecule has 0 aromatic carbocycles. The molecule has 0 nitrogen and oxygen atoms in total. The monoisotopic (exact) mass is 382 g/mol. The molecule has 158 valence electrons. The third kappa shape index (κ3) is 4.17. The zero-order chi connectivity index (χ0) is 19.8. The molecule has 0 radical (unpaired) electrons. The van der Waals surface area contributed by atoms with E-state index < -0.39 is 0 Å². The second-order valence-electron chi connectivity index (χ2n) is 11.7. The Kier molecular flexibility index (Phi) is 6.44. The van der Waals surface area contributed by atoms with E-state index in [1.54, 1.807) is 5.57 Å². The summed E-state index contributed by atoms with van der Waals surface area (Å²) in [7, 11) is 0. The summed E-state index contributed by atoms with van der Waals surface area (Å²) in [6.07, 6.45) is 20.1. The van der Waals surface area contributed by atoms with E-state index >= 15 is 0 Å². The van der Waals surface area contributed by atoms with Gasteiger partial charge in [0.2, 0.25) is 0 Å². The maximum absolute atomic E-state index is 2.73. The van der Waals surface area contributed by atoms with Gasteiger partial charge in [0.05, 0.1) is 0 Å². The number of fused-ring (bicyclic) bond motifs is 1. The lowest BCUT2D eigenvalue weighted by Gasteiger charge is -2.31. The standard InChI is InChI=1S/C28H46/c1-18(14-25-19(2)11-12-20(25)3)13-21(4)24-16-26-22(5)15-27(28(26)17-24)23-9-7-6-8-10-23/h15-16,18-21,23,25-28H,6-14,17H2,1-5H3/t18?,19-,20+,21-,25?,26?,27?,28?/m1/s1. The molecule has 0 aromatic rings. The van der Waals surface area contributed by atoms with E-state index in [0.717, 1.165) is 53.3 Å². The maximum atomic E-state index is 2.73. The molecule has 0 heterocycles. The summed E-state index contributed by atoms with van der Waals surface area (Å²) in [6.45, 7) is 12.5. The second kappa shape index (κ2) is 8.69. The van der Waals surface area contributed by atoms with E-state index in [1.807, 2.05) is 5.57 Å². The SMILES string of the molecule is CC1=CC(C2CCCCC2)C2CC([C@H](C)CC(C)CC3[C@H](C)CC[C@@H]3C)=CC12. The minimum atomic E-state index is 0.787. The average Bonchev–Trinajstić information content (AvgIpc) is 3.34. The molecule has 8 atom stereocenters. The van der Waals surface area contributed by atoms with E-state index in [9.17, 15) is 0 Å². The summed E-state index contributed by atoms with van der Waals surface area (Å²) in [5.74, 6) is 8.18. The Morgan fingerprint density at radius 2 is 1.61 bits per heavy atom. The molecule has 0 aliphatic heterocycles. The van der Waals surface area contributed by atoms with E-state index in [0.29, 0.717) is 0 Å². The number of hydrogen-bond donors (Lipinski definition) is 0. The van der Waals surface area contributed by atoms with Crippen LogP contribution < -0.4 is 0 Å². The van der Waals surface area contributed by atoms with Crippen molar-refractivity contribution in [3.05, 3.63) is 23.3 Å². The lowest BCUT2D eigenvalue weighted by molar-refractivity contribution is 0.217. The van der Waals surface area contributed by atoms with Crippen molar-refractivity contribution in [2.45, 2.75) is 98.8 Å². The highest BCUT2D eigenvalue weighted by Gasteiger charge is 2.42. The molecule has 0 aromatic heterocycles. The van der Waals surface area contributed by atoms with Gasteiger partial charge in [-0.05, 0) is 86.4 Å². The molecule has 4 rings (SSSR count). The van der Waals surface area contributed by atoms with Crippen molar-refractivity contribution in [2.24, 2.45) is 53.3 Å². The van der Waals surface area contributed by atoms with Crippen LogP contribution in [0.5, 0.6) is 0 Å². The van der Waals surface area contributed by atoms with Crippen molar-refractivity contribution < 1.29 is 0 Å². The van der Waals surface area contributed by atoms with Crippen molar-refractivity contribution in [2.75, 3.05) is 0 Å². The smallest absolute Gasteiger partial charge is 0.00139 e. The number of hydrogen-bond acceptors (Lipinski definition) is 0. The first kappa shape index (κ1) is 20.7. The summed E-state index contributed by atoms with van der Waals surface area (Å²) in [5.41, 5.74) is 3.52. The minimum Gasteiger partial charge on any atom is -0.0813 e. The van der Waals surface area contributed by atoms with Crippen LogP contribution in [0.1, 0.15) is 98.8 Å². The molecule has 0 spiro atoms. The van der Waals surface area contributed by atoms with E-state index in [4.69, 9.17) is 0 Å². The quantitative estimate of drug-likeness (QED) is 0.404. The van der Waals surface area contributed by atoms with Crippen LogP contribution in [0.4, 0.5) is 0 Å². The fraction of sp³-hybridized carbons (Fsp3) is 0.857. The van der Waals surface area contributed by atoms with Crippen molar-refractivity contribution in [1.29, 1.82) is 0 Å². The van der Waals surface area contributed by atoms with Crippen LogP contribution in [0, 0.1) is 53.3 Å². The number of allylic oxidation sites excluding steroid dienone is 4. The van der Waals surface area contributed by atoms with Crippen LogP contribution in [-0.4, -0.2) is 0 Å². The molecule has 0 amide bonds. The van der Waals surface area contributed by atoms with Gasteiger partial charge in [0, 0.05) is 5.92 Å². The summed E-state index contributed by atoms with van der Waals surface area (Å²) >= 11 is 0. The fourth-order valence-corrected chi connectivity index (χ4v) is 7.87. The van der Waals surface area contributed by atoms with Gasteiger partial charge < -0.3 is 0 Å². The fourth-order valence-electron chi connectivity index (χ4n) is 7.87. The Balaban J connectivity index is 1.34. The van der Waals surface area contributed by atoms with Crippen LogP contribution in [0.25, 0.3) is 0 Å². The zero-order valence-electron chi connectivity index (χ0n) is 19.4. The second-order valence-corrected chi connectivity index (χ2v) is 11.7. The maximum Gasteiger partial charge on any atom is 0.00139 e. The van der Waals surface area contributed by atoms with E-state index in [2.05, 4.69) is 46.8 Å². The molecule has 28 heavy (non-hydrogen) atoms. The molecule has 2 saturated carbocycles. The predicted molar refractivity (Wildman–Crippen MR) is 122 cm³/mol.